The summed E-state index contributed by atoms with van der Waals surface area (Å²) < 4.78 is 35.7. The molecule has 0 fully saturated rings. The molecule has 1 rings (SSSR count). The molecule has 0 radical (unpaired) electrons. The van der Waals surface area contributed by atoms with E-state index in [0.29, 0.717) is 6.42 Å². The SMILES string of the molecule is Cl.N[C@@H](Cc1ccccc1)C(=O)NCCCC(F)(F)F. The molecule has 20 heavy (non-hydrogen) atoms. The summed E-state index contributed by atoms with van der Waals surface area (Å²) >= 11 is 0. The third-order valence-corrected chi connectivity index (χ3v) is 2.57. The predicted octanol–water partition coefficient (Wildman–Crippen LogP) is 2.44. The van der Waals surface area contributed by atoms with E-state index in [-0.39, 0.29) is 25.4 Å². The van der Waals surface area contributed by atoms with Crippen molar-refractivity contribution in [3.8, 4) is 0 Å². The van der Waals surface area contributed by atoms with E-state index in [0.717, 1.165) is 5.56 Å². The second kappa shape index (κ2) is 8.81. The van der Waals surface area contributed by atoms with Crippen molar-refractivity contribution in [3.63, 3.8) is 0 Å². The van der Waals surface area contributed by atoms with Crippen LogP contribution in [0.2, 0.25) is 0 Å². The molecular formula is C13H18ClF3N2O. The number of nitrogens with two attached hydrogens (primary N) is 1. The van der Waals surface area contributed by atoms with Gasteiger partial charge in [0.05, 0.1) is 6.04 Å². The second-order valence-corrected chi connectivity index (χ2v) is 4.31. The topological polar surface area (TPSA) is 55.1 Å². The van der Waals surface area contributed by atoms with Gasteiger partial charge in [-0.05, 0) is 18.4 Å². The van der Waals surface area contributed by atoms with Crippen LogP contribution in [0.15, 0.2) is 30.3 Å². The van der Waals surface area contributed by atoms with Gasteiger partial charge in [0.15, 0.2) is 0 Å². The summed E-state index contributed by atoms with van der Waals surface area (Å²) in [6.45, 7) is -0.0131. The van der Waals surface area contributed by atoms with Crippen molar-refractivity contribution in [2.24, 2.45) is 5.73 Å². The summed E-state index contributed by atoms with van der Waals surface area (Å²) in [5.74, 6) is -0.425. The second-order valence-electron chi connectivity index (χ2n) is 4.31. The molecule has 3 nitrogen and oxygen atoms in total. The first-order valence-corrected chi connectivity index (χ1v) is 6.02. The molecule has 114 valence electrons. The number of alkyl halides is 3. The van der Waals surface area contributed by atoms with Gasteiger partial charge in [0.2, 0.25) is 5.91 Å². The molecule has 0 spiro atoms. The molecule has 3 N–H and O–H groups in total. The van der Waals surface area contributed by atoms with Gasteiger partial charge in [0.25, 0.3) is 0 Å². The Labute approximate surface area is 122 Å². The van der Waals surface area contributed by atoms with E-state index in [1.54, 1.807) is 0 Å². The highest BCUT2D eigenvalue weighted by molar-refractivity contribution is 5.85. The molecule has 0 saturated carbocycles. The normalized spacial score (nSPS) is 12.4. The van der Waals surface area contributed by atoms with Crippen LogP contribution in [0.4, 0.5) is 13.2 Å². The fourth-order valence-electron chi connectivity index (χ4n) is 1.59. The van der Waals surface area contributed by atoms with E-state index in [1.165, 1.54) is 0 Å². The molecule has 0 aromatic heterocycles. The van der Waals surface area contributed by atoms with Crippen LogP contribution in [0.5, 0.6) is 0 Å². The summed E-state index contributed by atoms with van der Waals surface area (Å²) in [4.78, 5) is 11.6. The third-order valence-electron chi connectivity index (χ3n) is 2.57. The Morgan fingerprint density at radius 2 is 1.85 bits per heavy atom. The Morgan fingerprint density at radius 1 is 1.25 bits per heavy atom. The van der Waals surface area contributed by atoms with Crippen LogP contribution in [0.3, 0.4) is 0 Å². The standard InChI is InChI=1S/C13H17F3N2O.ClH/c14-13(15,16)7-4-8-18-12(19)11(17)9-10-5-2-1-3-6-10;/h1-3,5-6,11H,4,7-9,17H2,(H,18,19);1H/t11-;/m0./s1. The lowest BCUT2D eigenvalue weighted by atomic mass is 10.1. The fraction of sp³-hybridized carbons (Fsp3) is 0.462. The molecule has 0 heterocycles. The number of hydrogen-bond acceptors (Lipinski definition) is 2. The molecule has 0 aliphatic rings. The van der Waals surface area contributed by atoms with Crippen molar-refractivity contribution in [1.82, 2.24) is 5.32 Å². The smallest absolute Gasteiger partial charge is 0.355 e. The zero-order chi connectivity index (χ0) is 14.3. The summed E-state index contributed by atoms with van der Waals surface area (Å²) in [6.07, 6.45) is -4.85. The van der Waals surface area contributed by atoms with E-state index < -0.39 is 24.5 Å². The summed E-state index contributed by atoms with van der Waals surface area (Å²) in [5.41, 5.74) is 6.60. The molecule has 0 bridgehead atoms. The van der Waals surface area contributed by atoms with Crippen LogP contribution in [0.1, 0.15) is 18.4 Å². The van der Waals surface area contributed by atoms with Crippen molar-refractivity contribution in [2.45, 2.75) is 31.5 Å². The average Bonchev–Trinajstić information content (AvgIpc) is 2.34. The molecule has 0 aliphatic carbocycles. The van der Waals surface area contributed by atoms with Crippen LogP contribution >= 0.6 is 12.4 Å². The van der Waals surface area contributed by atoms with Gasteiger partial charge in [-0.2, -0.15) is 13.2 Å². The maximum absolute atomic E-state index is 11.9. The van der Waals surface area contributed by atoms with Crippen molar-refractivity contribution >= 4 is 18.3 Å². The summed E-state index contributed by atoms with van der Waals surface area (Å²) in [5, 5.41) is 2.41. The van der Waals surface area contributed by atoms with Crippen molar-refractivity contribution in [2.75, 3.05) is 6.54 Å². The molecule has 0 unspecified atom stereocenters. The number of carbonyl (C=O) groups is 1. The Bertz CT molecular complexity index is 398. The highest BCUT2D eigenvalue weighted by atomic mass is 35.5. The van der Waals surface area contributed by atoms with Gasteiger partial charge in [-0.3, -0.25) is 4.79 Å². The number of rotatable bonds is 6. The minimum atomic E-state index is -4.18. The number of carbonyl (C=O) groups excluding carboxylic acids is 1. The Hall–Kier alpha value is -1.27. The van der Waals surface area contributed by atoms with Gasteiger partial charge in [-0.15, -0.1) is 12.4 Å². The summed E-state index contributed by atoms with van der Waals surface area (Å²) in [7, 11) is 0. The Kier molecular flexibility index (Phi) is 8.25. The number of amides is 1. The number of nitrogens with one attached hydrogen (secondary N) is 1. The Morgan fingerprint density at radius 3 is 2.40 bits per heavy atom. The van der Waals surface area contributed by atoms with Gasteiger partial charge in [0.1, 0.15) is 0 Å². The fourth-order valence-corrected chi connectivity index (χ4v) is 1.59. The minimum absolute atomic E-state index is 0. The molecule has 0 saturated heterocycles. The lowest BCUT2D eigenvalue weighted by Crippen LogP contribution is -2.42. The first kappa shape index (κ1) is 18.7. The number of benzene rings is 1. The van der Waals surface area contributed by atoms with Gasteiger partial charge in [-0.1, -0.05) is 30.3 Å². The zero-order valence-corrected chi connectivity index (χ0v) is 11.6. The van der Waals surface area contributed by atoms with Crippen LogP contribution in [0, 0.1) is 0 Å². The van der Waals surface area contributed by atoms with E-state index >= 15 is 0 Å². The first-order chi connectivity index (χ1) is 8.88. The third kappa shape index (κ3) is 8.01. The van der Waals surface area contributed by atoms with Crippen LogP contribution in [-0.2, 0) is 11.2 Å². The lowest BCUT2D eigenvalue weighted by Gasteiger charge is -2.12. The maximum atomic E-state index is 11.9. The Balaban J connectivity index is 0.00000361. The first-order valence-electron chi connectivity index (χ1n) is 6.02. The van der Waals surface area contributed by atoms with Crippen LogP contribution in [-0.4, -0.2) is 24.7 Å². The lowest BCUT2D eigenvalue weighted by molar-refractivity contribution is -0.136. The van der Waals surface area contributed by atoms with Crippen molar-refractivity contribution in [1.29, 1.82) is 0 Å². The number of halogens is 4. The number of hydrogen-bond donors (Lipinski definition) is 2. The van der Waals surface area contributed by atoms with Gasteiger partial charge in [-0.25, -0.2) is 0 Å². The monoisotopic (exact) mass is 310 g/mol. The molecule has 1 aromatic carbocycles. The largest absolute Gasteiger partial charge is 0.389 e. The van der Waals surface area contributed by atoms with E-state index in [1.807, 2.05) is 30.3 Å². The van der Waals surface area contributed by atoms with Crippen molar-refractivity contribution < 1.29 is 18.0 Å². The summed E-state index contributed by atoms with van der Waals surface area (Å²) in [6, 6.07) is 8.47. The minimum Gasteiger partial charge on any atom is -0.355 e. The predicted molar refractivity (Wildman–Crippen MR) is 73.7 cm³/mol. The quantitative estimate of drug-likeness (QED) is 0.793. The highest BCUT2D eigenvalue weighted by Gasteiger charge is 2.26. The van der Waals surface area contributed by atoms with Crippen LogP contribution < -0.4 is 11.1 Å². The maximum Gasteiger partial charge on any atom is 0.389 e. The van der Waals surface area contributed by atoms with E-state index in [4.69, 9.17) is 5.73 Å². The molecule has 0 aliphatic heterocycles. The van der Waals surface area contributed by atoms with E-state index in [2.05, 4.69) is 5.32 Å². The molecule has 1 amide bonds. The van der Waals surface area contributed by atoms with Crippen LogP contribution in [0.25, 0.3) is 0 Å². The zero-order valence-electron chi connectivity index (χ0n) is 10.8. The van der Waals surface area contributed by atoms with Gasteiger partial charge >= 0.3 is 6.18 Å². The average molecular weight is 311 g/mol. The van der Waals surface area contributed by atoms with Crippen molar-refractivity contribution in [3.05, 3.63) is 35.9 Å². The molecule has 7 heteroatoms. The van der Waals surface area contributed by atoms with Gasteiger partial charge in [0, 0.05) is 13.0 Å². The molecule has 1 aromatic rings. The molecule has 1 atom stereocenters. The highest BCUT2D eigenvalue weighted by Crippen LogP contribution is 2.20. The van der Waals surface area contributed by atoms with Gasteiger partial charge < -0.3 is 11.1 Å². The molecular weight excluding hydrogens is 293 g/mol. The van der Waals surface area contributed by atoms with E-state index in [9.17, 15) is 18.0 Å².